The second-order valence-corrected chi connectivity index (χ2v) is 4.59. The van der Waals surface area contributed by atoms with Gasteiger partial charge in [0.1, 0.15) is 17.2 Å². The van der Waals surface area contributed by atoms with E-state index in [9.17, 15) is 13.6 Å². The van der Waals surface area contributed by atoms with Gasteiger partial charge in [-0.15, -0.1) is 0 Å². The number of rotatable bonds is 4. The minimum atomic E-state index is -0.793. The first kappa shape index (κ1) is 15.2. The number of nitrogens with zero attached hydrogens (tertiary/aromatic N) is 1. The molecule has 0 aliphatic carbocycles. The van der Waals surface area contributed by atoms with E-state index in [-0.39, 0.29) is 22.8 Å². The van der Waals surface area contributed by atoms with Crippen molar-refractivity contribution in [3.8, 4) is 11.5 Å². The van der Waals surface area contributed by atoms with Gasteiger partial charge >= 0.3 is 5.97 Å². The van der Waals surface area contributed by atoms with Crippen molar-refractivity contribution in [2.45, 2.75) is 26.7 Å². The first-order valence-electron chi connectivity index (χ1n) is 6.52. The fourth-order valence-corrected chi connectivity index (χ4v) is 1.97. The summed E-state index contributed by atoms with van der Waals surface area (Å²) in [4.78, 5) is 15.7. The van der Waals surface area contributed by atoms with Crippen LogP contribution in [0.4, 0.5) is 8.78 Å². The van der Waals surface area contributed by atoms with Crippen molar-refractivity contribution in [3.63, 3.8) is 0 Å². The summed E-state index contributed by atoms with van der Waals surface area (Å²) in [6, 6.07) is 2.46. The van der Waals surface area contributed by atoms with Crippen LogP contribution in [-0.4, -0.2) is 18.1 Å². The SMILES string of the molecule is CCCc1nc(-c2c(F)ccc(C)c2F)oc1C(=O)OC. The quantitative estimate of drug-likeness (QED) is 0.808. The van der Waals surface area contributed by atoms with Crippen LogP contribution in [0.5, 0.6) is 0 Å². The first-order chi connectivity index (χ1) is 9.99. The number of benzene rings is 1. The largest absolute Gasteiger partial charge is 0.463 e. The third-order valence-electron chi connectivity index (χ3n) is 3.05. The highest BCUT2D eigenvalue weighted by Crippen LogP contribution is 2.29. The molecule has 0 atom stereocenters. The predicted octanol–water partition coefficient (Wildman–Crippen LogP) is 3.67. The number of oxazole rings is 1. The van der Waals surface area contributed by atoms with Gasteiger partial charge in [-0.25, -0.2) is 18.6 Å². The van der Waals surface area contributed by atoms with Crippen molar-refractivity contribution < 1.29 is 22.7 Å². The number of methoxy groups -OCH3 is 1. The molecular formula is C15H15F2NO3. The number of carbonyl (C=O) groups is 1. The Bertz CT molecular complexity index is 680. The van der Waals surface area contributed by atoms with Crippen molar-refractivity contribution in [3.05, 3.63) is 40.8 Å². The van der Waals surface area contributed by atoms with E-state index in [0.29, 0.717) is 18.5 Å². The summed E-state index contributed by atoms with van der Waals surface area (Å²) >= 11 is 0. The molecule has 0 N–H and O–H groups in total. The highest BCUT2D eigenvalue weighted by atomic mass is 19.1. The summed E-state index contributed by atoms with van der Waals surface area (Å²) < 4.78 is 37.8. The van der Waals surface area contributed by atoms with E-state index >= 15 is 0 Å². The van der Waals surface area contributed by atoms with Crippen molar-refractivity contribution in [2.24, 2.45) is 0 Å². The number of ether oxygens (including phenoxy) is 1. The van der Waals surface area contributed by atoms with Gasteiger partial charge in [0.05, 0.1) is 12.8 Å². The van der Waals surface area contributed by atoms with E-state index in [1.54, 1.807) is 0 Å². The number of hydrogen-bond donors (Lipinski definition) is 0. The number of carbonyl (C=O) groups excluding carboxylic acids is 1. The third kappa shape index (κ3) is 2.79. The van der Waals surface area contributed by atoms with Gasteiger partial charge in [0, 0.05) is 0 Å². The highest BCUT2D eigenvalue weighted by Gasteiger charge is 2.25. The molecule has 0 fully saturated rings. The molecule has 0 saturated carbocycles. The van der Waals surface area contributed by atoms with Gasteiger partial charge in [0.15, 0.2) is 0 Å². The molecule has 6 heteroatoms. The number of halogens is 2. The molecule has 0 aliphatic rings. The van der Waals surface area contributed by atoms with E-state index in [2.05, 4.69) is 9.72 Å². The van der Waals surface area contributed by atoms with E-state index < -0.39 is 17.6 Å². The van der Waals surface area contributed by atoms with Crippen molar-refractivity contribution in [1.82, 2.24) is 4.98 Å². The van der Waals surface area contributed by atoms with Crippen molar-refractivity contribution in [1.29, 1.82) is 0 Å². The van der Waals surface area contributed by atoms with Gasteiger partial charge in [-0.3, -0.25) is 0 Å². The Morgan fingerprint density at radius 2 is 2.10 bits per heavy atom. The Morgan fingerprint density at radius 3 is 2.71 bits per heavy atom. The lowest BCUT2D eigenvalue weighted by atomic mass is 10.1. The molecule has 0 aliphatic heterocycles. The smallest absolute Gasteiger partial charge is 0.376 e. The zero-order valence-electron chi connectivity index (χ0n) is 12.0. The summed E-state index contributed by atoms with van der Waals surface area (Å²) in [5, 5.41) is 0. The molecule has 0 saturated heterocycles. The van der Waals surface area contributed by atoms with Gasteiger partial charge in [-0.1, -0.05) is 19.4 Å². The molecule has 0 amide bonds. The van der Waals surface area contributed by atoms with Gasteiger partial charge in [0.25, 0.3) is 0 Å². The lowest BCUT2D eigenvalue weighted by Crippen LogP contribution is -2.03. The summed E-state index contributed by atoms with van der Waals surface area (Å²) in [5.41, 5.74) is 0.225. The summed E-state index contributed by atoms with van der Waals surface area (Å²) in [5.74, 6) is -2.63. The van der Waals surface area contributed by atoms with Crippen LogP contribution in [0, 0.1) is 18.6 Å². The minimum Gasteiger partial charge on any atom is -0.463 e. The Balaban J connectivity index is 2.60. The molecular weight excluding hydrogens is 280 g/mol. The van der Waals surface area contributed by atoms with Crippen LogP contribution >= 0.6 is 0 Å². The second-order valence-electron chi connectivity index (χ2n) is 4.59. The Labute approximate surface area is 120 Å². The summed E-state index contributed by atoms with van der Waals surface area (Å²) in [7, 11) is 1.20. The van der Waals surface area contributed by atoms with Crippen LogP contribution in [0.15, 0.2) is 16.5 Å². The molecule has 1 aromatic carbocycles. The molecule has 1 heterocycles. The Morgan fingerprint density at radius 1 is 1.38 bits per heavy atom. The van der Waals surface area contributed by atoms with E-state index in [1.165, 1.54) is 20.1 Å². The highest BCUT2D eigenvalue weighted by molar-refractivity contribution is 5.88. The fraction of sp³-hybridized carbons (Fsp3) is 0.333. The fourth-order valence-electron chi connectivity index (χ4n) is 1.97. The zero-order chi connectivity index (χ0) is 15.6. The predicted molar refractivity (Wildman–Crippen MR) is 71.9 cm³/mol. The van der Waals surface area contributed by atoms with Crippen LogP contribution in [0.3, 0.4) is 0 Å². The lowest BCUT2D eigenvalue weighted by Gasteiger charge is -2.03. The second kappa shape index (κ2) is 6.03. The average Bonchev–Trinajstić information content (AvgIpc) is 2.87. The van der Waals surface area contributed by atoms with Crippen LogP contribution in [-0.2, 0) is 11.2 Å². The minimum absolute atomic E-state index is 0.116. The molecule has 0 unspecified atom stereocenters. The van der Waals surface area contributed by atoms with E-state index in [4.69, 9.17) is 4.42 Å². The van der Waals surface area contributed by atoms with Gasteiger partial charge in [-0.2, -0.15) is 0 Å². The molecule has 112 valence electrons. The maximum absolute atomic E-state index is 14.1. The Hall–Kier alpha value is -2.24. The lowest BCUT2D eigenvalue weighted by molar-refractivity contribution is 0.0564. The van der Waals surface area contributed by atoms with E-state index in [0.717, 1.165) is 6.07 Å². The molecule has 0 spiro atoms. The van der Waals surface area contributed by atoms with E-state index in [1.807, 2.05) is 6.92 Å². The van der Waals surface area contributed by atoms with Crippen molar-refractivity contribution >= 4 is 5.97 Å². The zero-order valence-corrected chi connectivity index (χ0v) is 12.0. The van der Waals surface area contributed by atoms with Crippen LogP contribution in [0.1, 0.15) is 35.2 Å². The maximum Gasteiger partial charge on any atom is 0.376 e. The van der Waals surface area contributed by atoms with Crippen LogP contribution in [0.2, 0.25) is 0 Å². The topological polar surface area (TPSA) is 52.3 Å². The number of aryl methyl sites for hydroxylation is 2. The summed E-state index contributed by atoms with van der Waals surface area (Å²) in [6.07, 6.45) is 1.15. The Kier molecular flexibility index (Phi) is 4.35. The molecule has 0 bridgehead atoms. The molecule has 2 rings (SSSR count). The summed E-state index contributed by atoms with van der Waals surface area (Å²) in [6.45, 7) is 3.40. The van der Waals surface area contributed by atoms with Gasteiger partial charge in [0.2, 0.25) is 11.7 Å². The maximum atomic E-state index is 14.1. The normalized spacial score (nSPS) is 10.7. The number of esters is 1. The standard InChI is InChI=1S/C15H15F2NO3/c1-4-5-10-13(15(19)20-3)21-14(18-10)11-9(16)7-6-8(2)12(11)17/h6-7H,4-5H2,1-3H3. The van der Waals surface area contributed by atoms with Gasteiger partial charge < -0.3 is 9.15 Å². The monoisotopic (exact) mass is 295 g/mol. The number of aromatic nitrogens is 1. The third-order valence-corrected chi connectivity index (χ3v) is 3.05. The molecule has 21 heavy (non-hydrogen) atoms. The molecule has 4 nitrogen and oxygen atoms in total. The molecule has 0 radical (unpaired) electrons. The van der Waals surface area contributed by atoms with Crippen LogP contribution in [0.25, 0.3) is 11.5 Å². The number of hydrogen-bond acceptors (Lipinski definition) is 4. The van der Waals surface area contributed by atoms with Gasteiger partial charge in [-0.05, 0) is 25.0 Å². The molecule has 2 aromatic rings. The van der Waals surface area contributed by atoms with Crippen molar-refractivity contribution in [2.75, 3.05) is 7.11 Å². The van der Waals surface area contributed by atoms with Crippen LogP contribution < -0.4 is 0 Å². The molecule has 1 aromatic heterocycles. The first-order valence-corrected chi connectivity index (χ1v) is 6.52. The average molecular weight is 295 g/mol.